The molecule has 5 heteroatoms. The molecule has 0 fully saturated rings. The van der Waals surface area contributed by atoms with E-state index in [9.17, 15) is 4.39 Å². The minimum atomic E-state index is -0.239. The molecule has 0 saturated carbocycles. The van der Waals surface area contributed by atoms with Crippen molar-refractivity contribution in [3.05, 3.63) is 35.1 Å². The number of methoxy groups -OCH3 is 1. The first-order valence-corrected chi connectivity index (χ1v) is 7.21. The van der Waals surface area contributed by atoms with Crippen LogP contribution in [-0.2, 0) is 17.9 Å². The molecule has 0 bridgehead atoms. The summed E-state index contributed by atoms with van der Waals surface area (Å²) in [5.74, 6) is 1.02. The average Bonchev–Trinajstić information content (AvgIpc) is 2.46. The van der Waals surface area contributed by atoms with E-state index >= 15 is 0 Å². The normalized spacial score (nSPS) is 13.4. The van der Waals surface area contributed by atoms with E-state index < -0.39 is 0 Å². The van der Waals surface area contributed by atoms with Crippen LogP contribution in [-0.4, -0.2) is 26.2 Å². The van der Waals surface area contributed by atoms with E-state index in [-0.39, 0.29) is 12.4 Å². The Balaban J connectivity index is 2.63. The third-order valence-electron chi connectivity index (χ3n) is 3.46. The van der Waals surface area contributed by atoms with Crippen molar-refractivity contribution in [2.75, 3.05) is 14.2 Å². The standard InChI is InChI=1S/C16H26FN3O/c1-11(2)12(3)20-16(18-4)19-9-13-6-7-15(17)14(8-13)10-21-5/h6-8,11-12H,9-10H2,1-5H3,(H2,18,19,20). The Morgan fingerprint density at radius 2 is 2.05 bits per heavy atom. The van der Waals surface area contributed by atoms with Crippen LogP contribution in [0.3, 0.4) is 0 Å². The van der Waals surface area contributed by atoms with Crippen molar-refractivity contribution in [2.24, 2.45) is 10.9 Å². The lowest BCUT2D eigenvalue weighted by atomic mass is 10.1. The molecule has 1 aromatic carbocycles. The maximum atomic E-state index is 13.5. The lowest BCUT2D eigenvalue weighted by molar-refractivity contribution is 0.181. The Labute approximate surface area is 126 Å². The molecule has 0 heterocycles. The van der Waals surface area contributed by atoms with E-state index in [0.717, 1.165) is 11.5 Å². The molecule has 0 radical (unpaired) electrons. The second kappa shape index (κ2) is 8.62. The molecule has 0 saturated heterocycles. The van der Waals surface area contributed by atoms with Crippen LogP contribution in [0.25, 0.3) is 0 Å². The van der Waals surface area contributed by atoms with E-state index in [2.05, 4.69) is 36.4 Å². The molecule has 1 aromatic rings. The maximum Gasteiger partial charge on any atom is 0.191 e. The number of nitrogens with zero attached hydrogens (tertiary/aromatic N) is 1. The zero-order valence-electron chi connectivity index (χ0n) is 13.5. The summed E-state index contributed by atoms with van der Waals surface area (Å²) in [6.45, 7) is 7.29. The third kappa shape index (κ3) is 5.71. The van der Waals surface area contributed by atoms with Gasteiger partial charge in [0.1, 0.15) is 5.82 Å². The van der Waals surface area contributed by atoms with Crippen molar-refractivity contribution >= 4 is 5.96 Å². The van der Waals surface area contributed by atoms with Gasteiger partial charge in [-0.1, -0.05) is 19.9 Å². The predicted octanol–water partition coefficient (Wildman–Crippen LogP) is 2.68. The van der Waals surface area contributed by atoms with Crippen molar-refractivity contribution in [1.82, 2.24) is 10.6 Å². The fourth-order valence-electron chi connectivity index (χ4n) is 1.77. The minimum absolute atomic E-state index is 0.239. The van der Waals surface area contributed by atoms with Gasteiger partial charge in [-0.2, -0.15) is 0 Å². The largest absolute Gasteiger partial charge is 0.380 e. The van der Waals surface area contributed by atoms with Crippen LogP contribution in [0.2, 0.25) is 0 Å². The molecule has 0 amide bonds. The van der Waals surface area contributed by atoms with Crippen LogP contribution in [0, 0.1) is 11.7 Å². The highest BCUT2D eigenvalue weighted by Crippen LogP contribution is 2.11. The molecule has 2 N–H and O–H groups in total. The zero-order valence-corrected chi connectivity index (χ0v) is 13.5. The summed E-state index contributed by atoms with van der Waals surface area (Å²) in [7, 11) is 3.30. The van der Waals surface area contributed by atoms with Gasteiger partial charge in [0, 0.05) is 32.3 Å². The summed E-state index contributed by atoms with van der Waals surface area (Å²) in [6.07, 6.45) is 0. The van der Waals surface area contributed by atoms with Crippen LogP contribution in [0.1, 0.15) is 31.9 Å². The van der Waals surface area contributed by atoms with Crippen molar-refractivity contribution in [1.29, 1.82) is 0 Å². The lowest BCUT2D eigenvalue weighted by Crippen LogP contribution is -2.43. The average molecular weight is 295 g/mol. The van der Waals surface area contributed by atoms with Crippen LogP contribution >= 0.6 is 0 Å². The molecule has 0 aliphatic carbocycles. The molecule has 1 atom stereocenters. The molecule has 0 aromatic heterocycles. The Hall–Kier alpha value is -1.62. The predicted molar refractivity (Wildman–Crippen MR) is 84.7 cm³/mol. The van der Waals surface area contributed by atoms with E-state index in [1.54, 1.807) is 20.2 Å². The second-order valence-corrected chi connectivity index (χ2v) is 5.46. The highest BCUT2D eigenvalue weighted by molar-refractivity contribution is 5.79. The Morgan fingerprint density at radius 3 is 2.62 bits per heavy atom. The smallest absolute Gasteiger partial charge is 0.191 e. The first kappa shape index (κ1) is 17.4. The Kier molecular flexibility index (Phi) is 7.15. The van der Waals surface area contributed by atoms with Crippen molar-refractivity contribution in [3.63, 3.8) is 0 Å². The summed E-state index contributed by atoms with van der Waals surface area (Å²) in [5.41, 5.74) is 1.55. The van der Waals surface area contributed by atoms with Gasteiger partial charge in [-0.25, -0.2) is 4.39 Å². The number of ether oxygens (including phenoxy) is 1. The number of hydrogen-bond acceptors (Lipinski definition) is 2. The molecule has 1 rings (SSSR count). The van der Waals surface area contributed by atoms with Crippen LogP contribution < -0.4 is 10.6 Å². The molecular weight excluding hydrogens is 269 g/mol. The number of benzene rings is 1. The van der Waals surface area contributed by atoms with E-state index in [4.69, 9.17) is 4.74 Å². The Morgan fingerprint density at radius 1 is 1.33 bits per heavy atom. The first-order valence-electron chi connectivity index (χ1n) is 7.21. The lowest BCUT2D eigenvalue weighted by Gasteiger charge is -2.20. The van der Waals surface area contributed by atoms with Gasteiger partial charge in [-0.15, -0.1) is 0 Å². The number of aliphatic imine (C=N–C) groups is 1. The van der Waals surface area contributed by atoms with Gasteiger partial charge in [-0.05, 0) is 30.5 Å². The maximum absolute atomic E-state index is 13.5. The van der Waals surface area contributed by atoms with Gasteiger partial charge in [0.05, 0.1) is 6.61 Å². The number of guanidine groups is 1. The van der Waals surface area contributed by atoms with Gasteiger partial charge in [-0.3, -0.25) is 4.99 Å². The number of nitrogens with one attached hydrogen (secondary N) is 2. The fourth-order valence-corrected chi connectivity index (χ4v) is 1.77. The Bertz CT molecular complexity index is 475. The van der Waals surface area contributed by atoms with Crippen LogP contribution in [0.15, 0.2) is 23.2 Å². The summed E-state index contributed by atoms with van der Waals surface area (Å²) in [6, 6.07) is 5.37. The van der Waals surface area contributed by atoms with Gasteiger partial charge in [0.25, 0.3) is 0 Å². The first-order chi connectivity index (χ1) is 9.97. The summed E-state index contributed by atoms with van der Waals surface area (Å²) >= 11 is 0. The van der Waals surface area contributed by atoms with E-state index in [0.29, 0.717) is 24.1 Å². The van der Waals surface area contributed by atoms with E-state index in [1.807, 2.05) is 6.07 Å². The molecule has 4 nitrogen and oxygen atoms in total. The van der Waals surface area contributed by atoms with Gasteiger partial charge in [0.2, 0.25) is 0 Å². The van der Waals surface area contributed by atoms with Crippen LogP contribution in [0.5, 0.6) is 0 Å². The van der Waals surface area contributed by atoms with Gasteiger partial charge in [0.15, 0.2) is 5.96 Å². The number of hydrogen-bond donors (Lipinski definition) is 2. The van der Waals surface area contributed by atoms with Crippen molar-refractivity contribution < 1.29 is 9.13 Å². The minimum Gasteiger partial charge on any atom is -0.380 e. The monoisotopic (exact) mass is 295 g/mol. The number of rotatable bonds is 6. The molecule has 21 heavy (non-hydrogen) atoms. The summed E-state index contributed by atoms with van der Waals surface area (Å²) < 4.78 is 18.5. The topological polar surface area (TPSA) is 45.7 Å². The second-order valence-electron chi connectivity index (χ2n) is 5.46. The van der Waals surface area contributed by atoms with E-state index in [1.165, 1.54) is 6.07 Å². The molecule has 0 aliphatic rings. The molecule has 1 unspecified atom stereocenters. The summed E-state index contributed by atoms with van der Waals surface area (Å²) in [5, 5.41) is 6.56. The number of halogens is 1. The van der Waals surface area contributed by atoms with Gasteiger partial charge < -0.3 is 15.4 Å². The molecular formula is C16H26FN3O. The quantitative estimate of drug-likeness (QED) is 0.626. The third-order valence-corrected chi connectivity index (χ3v) is 3.46. The summed E-state index contributed by atoms with van der Waals surface area (Å²) in [4.78, 5) is 4.20. The SMILES string of the molecule is CN=C(NCc1ccc(F)c(COC)c1)NC(C)C(C)C. The van der Waals surface area contributed by atoms with Gasteiger partial charge >= 0.3 is 0 Å². The molecule has 118 valence electrons. The fraction of sp³-hybridized carbons (Fsp3) is 0.562. The van der Waals surface area contributed by atoms with Crippen LogP contribution in [0.4, 0.5) is 4.39 Å². The highest BCUT2D eigenvalue weighted by atomic mass is 19.1. The van der Waals surface area contributed by atoms with Crippen molar-refractivity contribution in [3.8, 4) is 0 Å². The highest BCUT2D eigenvalue weighted by Gasteiger charge is 2.09. The zero-order chi connectivity index (χ0) is 15.8. The molecule has 0 aliphatic heterocycles. The van der Waals surface area contributed by atoms with Crippen molar-refractivity contribution in [2.45, 2.75) is 40.0 Å². The molecule has 0 spiro atoms.